The molecule has 0 atom stereocenters. The van der Waals surface area contributed by atoms with Crippen LogP contribution in [0.3, 0.4) is 0 Å². The number of rotatable bonds is 8. The van der Waals surface area contributed by atoms with E-state index >= 15 is 0 Å². The number of nitrogens with one attached hydrogen (secondary N) is 1. The minimum Gasteiger partial charge on any atom is -0.489 e. The molecule has 4 aromatic carbocycles. The first-order valence-electron chi connectivity index (χ1n) is 12.3. The van der Waals surface area contributed by atoms with E-state index in [1.165, 1.54) is 6.08 Å². The van der Waals surface area contributed by atoms with Gasteiger partial charge < -0.3 is 9.47 Å². The molecule has 7 nitrogen and oxygen atoms in total. The molecular weight excluding hydrogens is 631 g/mol. The molecule has 1 fully saturated rings. The van der Waals surface area contributed by atoms with E-state index in [4.69, 9.17) is 32.7 Å². The van der Waals surface area contributed by atoms with Crippen molar-refractivity contribution in [3.05, 3.63) is 128 Å². The van der Waals surface area contributed by atoms with Crippen molar-refractivity contribution in [3.8, 4) is 11.5 Å². The van der Waals surface area contributed by atoms with E-state index in [1.54, 1.807) is 54.6 Å². The van der Waals surface area contributed by atoms with Crippen LogP contribution < -0.4 is 19.7 Å². The highest BCUT2D eigenvalue weighted by Crippen LogP contribution is 2.30. The lowest BCUT2D eigenvalue weighted by Crippen LogP contribution is -2.54. The second kappa shape index (κ2) is 12.6. The lowest BCUT2D eigenvalue weighted by atomic mass is 10.1. The van der Waals surface area contributed by atoms with Gasteiger partial charge in [0.25, 0.3) is 11.8 Å². The lowest BCUT2D eigenvalue weighted by Gasteiger charge is -2.26. The molecule has 4 aromatic rings. The topological polar surface area (TPSA) is 84.9 Å². The third-order valence-corrected chi connectivity index (χ3v) is 7.51. The fraction of sp³-hybridized carbons (Fsp3) is 0.0645. The maximum absolute atomic E-state index is 13.3. The normalized spacial score (nSPS) is 14.3. The van der Waals surface area contributed by atoms with Crippen LogP contribution >= 0.6 is 39.1 Å². The van der Waals surface area contributed by atoms with Gasteiger partial charge in [-0.25, -0.2) is 9.69 Å². The van der Waals surface area contributed by atoms with Crippen LogP contribution in [0.1, 0.15) is 16.7 Å². The molecule has 41 heavy (non-hydrogen) atoms. The van der Waals surface area contributed by atoms with Crippen molar-refractivity contribution in [2.24, 2.45) is 0 Å². The molecule has 10 heteroatoms. The highest BCUT2D eigenvalue weighted by molar-refractivity contribution is 9.10. The Labute approximate surface area is 254 Å². The van der Waals surface area contributed by atoms with Crippen molar-refractivity contribution in [3.63, 3.8) is 0 Å². The largest absolute Gasteiger partial charge is 0.489 e. The molecule has 1 heterocycles. The SMILES string of the molecule is O=C1NC(=O)N(c2ccc(OCc3ccccc3Cl)cc2)C(=O)/C1=C/c1ccc(OCc2ccccc2Cl)c(Br)c1. The van der Waals surface area contributed by atoms with Crippen molar-refractivity contribution < 1.29 is 23.9 Å². The highest BCUT2D eigenvalue weighted by Gasteiger charge is 2.36. The van der Waals surface area contributed by atoms with E-state index in [9.17, 15) is 14.4 Å². The van der Waals surface area contributed by atoms with Crippen LogP contribution in [0.4, 0.5) is 10.5 Å². The van der Waals surface area contributed by atoms with Crippen molar-refractivity contribution in [2.45, 2.75) is 13.2 Å². The molecule has 1 aliphatic rings. The zero-order valence-electron chi connectivity index (χ0n) is 21.3. The smallest absolute Gasteiger partial charge is 0.335 e. The zero-order chi connectivity index (χ0) is 28.9. The second-order valence-electron chi connectivity index (χ2n) is 8.90. The number of hydrogen-bond acceptors (Lipinski definition) is 5. The summed E-state index contributed by atoms with van der Waals surface area (Å²) in [4.78, 5) is 39.5. The van der Waals surface area contributed by atoms with E-state index < -0.39 is 17.8 Å². The first-order valence-corrected chi connectivity index (χ1v) is 13.9. The Morgan fingerprint density at radius 3 is 2.00 bits per heavy atom. The number of barbiturate groups is 1. The maximum Gasteiger partial charge on any atom is 0.335 e. The summed E-state index contributed by atoms with van der Waals surface area (Å²) < 4.78 is 12.3. The van der Waals surface area contributed by atoms with Crippen molar-refractivity contribution in [1.82, 2.24) is 5.32 Å². The fourth-order valence-corrected chi connectivity index (χ4v) is 4.91. The van der Waals surface area contributed by atoms with Crippen LogP contribution in [0.25, 0.3) is 6.08 Å². The number of amides is 4. The molecule has 0 radical (unpaired) electrons. The molecule has 0 aliphatic carbocycles. The lowest BCUT2D eigenvalue weighted by molar-refractivity contribution is -0.122. The monoisotopic (exact) mass is 650 g/mol. The number of anilines is 1. The van der Waals surface area contributed by atoms with Crippen LogP contribution in [0.15, 0.2) is 101 Å². The number of benzene rings is 4. The average molecular weight is 652 g/mol. The molecule has 1 N–H and O–H groups in total. The van der Waals surface area contributed by atoms with Gasteiger partial charge in [0.05, 0.1) is 10.2 Å². The molecular formula is C31H21BrCl2N2O5. The zero-order valence-corrected chi connectivity index (χ0v) is 24.4. The van der Waals surface area contributed by atoms with Crippen LogP contribution in [0.5, 0.6) is 11.5 Å². The maximum atomic E-state index is 13.3. The van der Waals surface area contributed by atoms with Crippen LogP contribution in [0.2, 0.25) is 10.0 Å². The van der Waals surface area contributed by atoms with E-state index in [-0.39, 0.29) is 24.5 Å². The number of imide groups is 2. The number of urea groups is 1. The molecule has 5 rings (SSSR count). The first-order chi connectivity index (χ1) is 19.8. The van der Waals surface area contributed by atoms with E-state index in [1.807, 2.05) is 36.4 Å². The van der Waals surface area contributed by atoms with Crippen molar-refractivity contribution >= 4 is 68.7 Å². The Balaban J connectivity index is 1.30. The Morgan fingerprint density at radius 2 is 1.39 bits per heavy atom. The minimum atomic E-state index is -0.841. The Kier molecular flexibility index (Phi) is 8.73. The fourth-order valence-electron chi connectivity index (χ4n) is 4.02. The molecule has 1 saturated heterocycles. The van der Waals surface area contributed by atoms with E-state index in [2.05, 4.69) is 21.2 Å². The standard InChI is InChI=1S/C31H21BrCl2N2O5/c32-25-16-19(9-14-28(25)41-18-21-6-2-4-8-27(21)34)15-24-29(37)35-31(39)36(30(24)38)22-10-12-23(13-11-22)40-17-20-5-1-3-7-26(20)33/h1-16H,17-18H2,(H,35,37,39)/b24-15+. The second-order valence-corrected chi connectivity index (χ2v) is 10.6. The van der Waals surface area contributed by atoms with Gasteiger partial charge in [-0.3, -0.25) is 14.9 Å². The van der Waals surface area contributed by atoms with Gasteiger partial charge in [0.1, 0.15) is 30.3 Å². The van der Waals surface area contributed by atoms with Crippen LogP contribution in [-0.2, 0) is 22.8 Å². The Bertz CT molecular complexity index is 1670. The number of hydrogen-bond donors (Lipinski definition) is 1. The van der Waals surface area contributed by atoms with Gasteiger partial charge in [0, 0.05) is 21.2 Å². The molecule has 1 aliphatic heterocycles. The summed E-state index contributed by atoms with van der Waals surface area (Å²) in [5, 5.41) is 3.42. The van der Waals surface area contributed by atoms with Gasteiger partial charge >= 0.3 is 6.03 Å². The summed E-state index contributed by atoms with van der Waals surface area (Å²) >= 11 is 15.9. The summed E-state index contributed by atoms with van der Waals surface area (Å²) in [5.41, 5.74) is 2.30. The predicted molar refractivity (Wildman–Crippen MR) is 161 cm³/mol. The van der Waals surface area contributed by atoms with Gasteiger partial charge in [0.2, 0.25) is 0 Å². The van der Waals surface area contributed by atoms with Gasteiger partial charge in [-0.05, 0) is 76.1 Å². The molecule has 0 spiro atoms. The average Bonchev–Trinajstić information content (AvgIpc) is 2.96. The number of halogens is 3. The van der Waals surface area contributed by atoms with Crippen LogP contribution in [-0.4, -0.2) is 17.8 Å². The molecule has 0 saturated carbocycles. The predicted octanol–water partition coefficient (Wildman–Crippen LogP) is 7.58. The Morgan fingerprint density at radius 1 is 0.780 bits per heavy atom. The van der Waals surface area contributed by atoms with Gasteiger partial charge in [-0.2, -0.15) is 0 Å². The molecule has 0 unspecified atom stereocenters. The first kappa shape index (κ1) is 28.4. The summed E-state index contributed by atoms with van der Waals surface area (Å²) in [6.45, 7) is 0.517. The molecule has 206 valence electrons. The molecule has 0 aromatic heterocycles. The van der Waals surface area contributed by atoms with Crippen molar-refractivity contribution in [2.75, 3.05) is 4.90 Å². The van der Waals surface area contributed by atoms with Gasteiger partial charge in [-0.1, -0.05) is 65.7 Å². The summed E-state index contributed by atoms with van der Waals surface area (Å²) in [6.07, 6.45) is 1.42. The highest BCUT2D eigenvalue weighted by atomic mass is 79.9. The third-order valence-electron chi connectivity index (χ3n) is 6.16. The summed E-state index contributed by atoms with van der Waals surface area (Å²) in [7, 11) is 0. The number of nitrogens with zero attached hydrogens (tertiary/aromatic N) is 1. The van der Waals surface area contributed by atoms with Gasteiger partial charge in [-0.15, -0.1) is 0 Å². The Hall–Kier alpha value is -4.11. The summed E-state index contributed by atoms with van der Waals surface area (Å²) in [5.74, 6) is -0.461. The van der Waals surface area contributed by atoms with E-state index in [0.29, 0.717) is 31.6 Å². The van der Waals surface area contributed by atoms with Crippen molar-refractivity contribution in [1.29, 1.82) is 0 Å². The van der Waals surface area contributed by atoms with Crippen LogP contribution in [0, 0.1) is 0 Å². The number of ether oxygens (including phenoxy) is 2. The third kappa shape index (κ3) is 6.62. The molecule has 0 bridgehead atoms. The quantitative estimate of drug-likeness (QED) is 0.157. The number of carbonyl (C=O) groups is 3. The van der Waals surface area contributed by atoms with E-state index in [0.717, 1.165) is 16.0 Å². The summed E-state index contributed by atoms with van der Waals surface area (Å²) in [6, 6.07) is 25.4. The molecule has 4 amide bonds. The van der Waals surface area contributed by atoms with Gasteiger partial charge in [0.15, 0.2) is 0 Å². The minimum absolute atomic E-state index is 0.194. The number of carbonyl (C=O) groups excluding carboxylic acids is 3.